The van der Waals surface area contributed by atoms with E-state index < -0.39 is 0 Å². The molecule has 1 aromatic rings. The maximum absolute atomic E-state index is 6.39. The molecule has 1 aromatic heterocycles. The van der Waals surface area contributed by atoms with Gasteiger partial charge in [0.2, 0.25) is 0 Å². The van der Waals surface area contributed by atoms with Gasteiger partial charge in [0.15, 0.2) is 5.75 Å². The molecule has 0 bridgehead atoms. The number of nitrogens with two attached hydrogens (primary N) is 1. The van der Waals surface area contributed by atoms with Crippen molar-refractivity contribution in [3.05, 3.63) is 11.9 Å². The highest BCUT2D eigenvalue weighted by atomic mass is 16.5. The summed E-state index contributed by atoms with van der Waals surface area (Å²) in [7, 11) is 5.77. The van der Waals surface area contributed by atoms with E-state index in [0.29, 0.717) is 5.92 Å². The van der Waals surface area contributed by atoms with E-state index in [-0.39, 0.29) is 6.04 Å². The van der Waals surface area contributed by atoms with Crippen molar-refractivity contribution < 1.29 is 9.47 Å². The molecule has 20 heavy (non-hydrogen) atoms. The standard InChI is InChI=1S/C14H26N4O2/c1-17(2)5-6-18-14(13(19-3)9-16-18)12(15)8-11-4-7-20-10-11/h9,11-12H,4-8,10,15H2,1-3H3. The van der Waals surface area contributed by atoms with E-state index in [0.717, 1.165) is 50.6 Å². The third kappa shape index (κ3) is 3.71. The molecule has 6 heteroatoms. The number of aromatic nitrogens is 2. The van der Waals surface area contributed by atoms with Crippen LogP contribution in [0.15, 0.2) is 6.20 Å². The van der Waals surface area contributed by atoms with Gasteiger partial charge in [-0.2, -0.15) is 5.10 Å². The van der Waals surface area contributed by atoms with Crippen molar-refractivity contribution in [2.45, 2.75) is 25.4 Å². The molecule has 1 saturated heterocycles. The van der Waals surface area contributed by atoms with Crippen molar-refractivity contribution in [3.63, 3.8) is 0 Å². The Hall–Kier alpha value is -1.11. The maximum atomic E-state index is 6.39. The van der Waals surface area contributed by atoms with E-state index in [2.05, 4.69) is 24.1 Å². The number of rotatable bonds is 7. The first-order valence-electron chi connectivity index (χ1n) is 7.19. The third-order valence-electron chi connectivity index (χ3n) is 3.79. The Balaban J connectivity index is 2.07. The minimum atomic E-state index is -0.0543. The van der Waals surface area contributed by atoms with Crippen molar-refractivity contribution in [1.29, 1.82) is 0 Å². The lowest BCUT2D eigenvalue weighted by molar-refractivity contribution is 0.182. The van der Waals surface area contributed by atoms with Crippen LogP contribution >= 0.6 is 0 Å². The van der Waals surface area contributed by atoms with Crippen molar-refractivity contribution >= 4 is 0 Å². The molecule has 6 nitrogen and oxygen atoms in total. The zero-order valence-electron chi connectivity index (χ0n) is 12.7. The molecule has 0 saturated carbocycles. The average molecular weight is 282 g/mol. The first-order valence-corrected chi connectivity index (χ1v) is 7.19. The van der Waals surface area contributed by atoms with E-state index >= 15 is 0 Å². The van der Waals surface area contributed by atoms with Crippen molar-refractivity contribution in [2.75, 3.05) is 41.0 Å². The second-order valence-corrected chi connectivity index (χ2v) is 5.70. The van der Waals surface area contributed by atoms with Crippen LogP contribution in [0.25, 0.3) is 0 Å². The van der Waals surface area contributed by atoms with Crippen LogP contribution in [0.3, 0.4) is 0 Å². The molecule has 0 radical (unpaired) electrons. The lowest BCUT2D eigenvalue weighted by Gasteiger charge is -2.19. The monoisotopic (exact) mass is 282 g/mol. The summed E-state index contributed by atoms with van der Waals surface area (Å²) >= 11 is 0. The molecule has 2 heterocycles. The van der Waals surface area contributed by atoms with Gasteiger partial charge in [-0.05, 0) is 32.9 Å². The normalized spacial score (nSPS) is 20.6. The van der Waals surface area contributed by atoms with Crippen LogP contribution in [0.4, 0.5) is 0 Å². The van der Waals surface area contributed by atoms with Crippen LogP contribution in [-0.2, 0) is 11.3 Å². The Morgan fingerprint density at radius 2 is 2.40 bits per heavy atom. The van der Waals surface area contributed by atoms with E-state index in [1.54, 1.807) is 13.3 Å². The van der Waals surface area contributed by atoms with Gasteiger partial charge in [0.1, 0.15) is 0 Å². The molecule has 2 atom stereocenters. The highest BCUT2D eigenvalue weighted by Crippen LogP contribution is 2.30. The molecule has 2 N–H and O–H groups in total. The van der Waals surface area contributed by atoms with Gasteiger partial charge in [-0.1, -0.05) is 0 Å². The molecule has 1 aliphatic heterocycles. The van der Waals surface area contributed by atoms with Crippen molar-refractivity contribution in [1.82, 2.24) is 14.7 Å². The van der Waals surface area contributed by atoms with E-state index in [1.165, 1.54) is 0 Å². The summed E-state index contributed by atoms with van der Waals surface area (Å²) in [5.41, 5.74) is 7.39. The smallest absolute Gasteiger partial charge is 0.161 e. The number of hydrogen-bond acceptors (Lipinski definition) is 5. The average Bonchev–Trinajstić information content (AvgIpc) is 3.04. The lowest BCUT2D eigenvalue weighted by atomic mass is 9.97. The topological polar surface area (TPSA) is 65.5 Å². The highest BCUT2D eigenvalue weighted by molar-refractivity contribution is 5.28. The highest BCUT2D eigenvalue weighted by Gasteiger charge is 2.24. The van der Waals surface area contributed by atoms with Crippen LogP contribution in [0, 0.1) is 5.92 Å². The quantitative estimate of drug-likeness (QED) is 0.804. The van der Waals surface area contributed by atoms with Crippen LogP contribution in [-0.4, -0.2) is 55.6 Å². The summed E-state index contributed by atoms with van der Waals surface area (Å²) in [6, 6.07) is -0.0543. The second-order valence-electron chi connectivity index (χ2n) is 5.70. The molecule has 1 fully saturated rings. The predicted octanol–water partition coefficient (Wildman–Crippen LogP) is 0.880. The van der Waals surface area contributed by atoms with Crippen molar-refractivity contribution in [3.8, 4) is 5.75 Å². The van der Waals surface area contributed by atoms with E-state index in [4.69, 9.17) is 15.2 Å². The SMILES string of the molecule is COc1cnn(CCN(C)C)c1C(N)CC1CCOC1. The molecular formula is C14H26N4O2. The zero-order valence-corrected chi connectivity index (χ0v) is 12.7. The Labute approximate surface area is 120 Å². The predicted molar refractivity (Wildman–Crippen MR) is 77.8 cm³/mol. The Morgan fingerprint density at radius 3 is 3.00 bits per heavy atom. The maximum Gasteiger partial charge on any atom is 0.161 e. The summed E-state index contributed by atoms with van der Waals surface area (Å²) < 4.78 is 12.8. The van der Waals surface area contributed by atoms with E-state index in [1.807, 2.05) is 4.68 Å². The third-order valence-corrected chi connectivity index (χ3v) is 3.79. The summed E-state index contributed by atoms with van der Waals surface area (Å²) in [5, 5.41) is 4.41. The van der Waals surface area contributed by atoms with Crippen molar-refractivity contribution in [2.24, 2.45) is 11.7 Å². The Kier molecular flexibility index (Phi) is 5.39. The summed E-state index contributed by atoms with van der Waals surface area (Å²) in [6.45, 7) is 3.42. The number of hydrogen-bond donors (Lipinski definition) is 1. The number of ether oxygens (including phenoxy) is 2. The fourth-order valence-corrected chi connectivity index (χ4v) is 2.62. The molecule has 114 valence electrons. The summed E-state index contributed by atoms with van der Waals surface area (Å²) in [5.74, 6) is 1.34. The molecule has 0 spiro atoms. The first kappa shape index (κ1) is 15.3. The van der Waals surface area contributed by atoms with Gasteiger partial charge >= 0.3 is 0 Å². The molecule has 1 aliphatic rings. The minimum Gasteiger partial charge on any atom is -0.493 e. The number of methoxy groups -OCH3 is 1. The fourth-order valence-electron chi connectivity index (χ4n) is 2.62. The number of likely N-dealkylation sites (N-methyl/N-ethyl adjacent to an activating group) is 1. The minimum absolute atomic E-state index is 0.0543. The van der Waals surface area contributed by atoms with Gasteiger partial charge in [-0.25, -0.2) is 0 Å². The fraction of sp³-hybridized carbons (Fsp3) is 0.786. The van der Waals surface area contributed by atoms with Crippen LogP contribution in [0.2, 0.25) is 0 Å². The van der Waals surface area contributed by atoms with Gasteiger partial charge in [0.05, 0.1) is 31.6 Å². The van der Waals surface area contributed by atoms with E-state index in [9.17, 15) is 0 Å². The molecule has 0 amide bonds. The largest absolute Gasteiger partial charge is 0.493 e. The molecular weight excluding hydrogens is 256 g/mol. The van der Waals surface area contributed by atoms with Gasteiger partial charge in [-0.15, -0.1) is 0 Å². The van der Waals surface area contributed by atoms with Gasteiger partial charge in [-0.3, -0.25) is 4.68 Å². The second kappa shape index (κ2) is 7.06. The zero-order chi connectivity index (χ0) is 14.5. The number of nitrogens with zero attached hydrogens (tertiary/aromatic N) is 3. The molecule has 2 unspecified atom stereocenters. The van der Waals surface area contributed by atoms with Crippen LogP contribution < -0.4 is 10.5 Å². The Bertz CT molecular complexity index is 413. The molecule has 2 rings (SSSR count). The lowest BCUT2D eigenvalue weighted by Crippen LogP contribution is -2.24. The van der Waals surface area contributed by atoms with Crippen LogP contribution in [0.5, 0.6) is 5.75 Å². The van der Waals surface area contributed by atoms with Gasteiger partial charge in [0.25, 0.3) is 0 Å². The Morgan fingerprint density at radius 1 is 1.60 bits per heavy atom. The van der Waals surface area contributed by atoms with Gasteiger partial charge < -0.3 is 20.1 Å². The first-order chi connectivity index (χ1) is 9.61. The van der Waals surface area contributed by atoms with Crippen LogP contribution in [0.1, 0.15) is 24.6 Å². The molecule has 0 aliphatic carbocycles. The van der Waals surface area contributed by atoms with Gasteiger partial charge in [0, 0.05) is 19.8 Å². The summed E-state index contributed by atoms with van der Waals surface area (Å²) in [4.78, 5) is 2.13. The molecule has 0 aromatic carbocycles. The summed E-state index contributed by atoms with van der Waals surface area (Å²) in [6.07, 6.45) is 3.78.